The van der Waals surface area contributed by atoms with Gasteiger partial charge in [-0.15, -0.1) is 11.3 Å². The van der Waals surface area contributed by atoms with Crippen molar-refractivity contribution in [2.75, 3.05) is 7.11 Å². The second-order valence-electron chi connectivity index (χ2n) is 7.01. The number of carbonyl (C=O) groups is 1. The topological polar surface area (TPSA) is 51.1 Å². The van der Waals surface area contributed by atoms with Gasteiger partial charge in [-0.1, -0.05) is 34.1 Å². The van der Waals surface area contributed by atoms with E-state index in [1.807, 2.05) is 29.3 Å². The molecule has 0 spiro atoms. The van der Waals surface area contributed by atoms with Gasteiger partial charge in [-0.3, -0.25) is 0 Å². The minimum atomic E-state index is -0.399. The summed E-state index contributed by atoms with van der Waals surface area (Å²) < 4.78 is 13.1. The van der Waals surface area contributed by atoms with Crippen LogP contribution in [0.3, 0.4) is 0 Å². The third kappa shape index (κ3) is 3.36. The van der Waals surface area contributed by atoms with Gasteiger partial charge in [0.05, 0.1) is 33.8 Å². The van der Waals surface area contributed by atoms with E-state index in [2.05, 4.69) is 49.4 Å². The van der Waals surface area contributed by atoms with Gasteiger partial charge in [0.1, 0.15) is 5.75 Å². The summed E-state index contributed by atoms with van der Waals surface area (Å²) in [6, 6.07) is 15.6. The highest BCUT2D eigenvalue weighted by Crippen LogP contribution is 2.51. The number of hydrazone groups is 1. The fraction of sp³-hybridized carbons (Fsp3) is 0.182. The molecule has 5 rings (SSSR count). The van der Waals surface area contributed by atoms with Crippen LogP contribution >= 0.6 is 43.2 Å². The van der Waals surface area contributed by atoms with E-state index in [1.54, 1.807) is 23.5 Å². The molecule has 0 unspecified atom stereocenters. The Bertz CT molecular complexity index is 1150. The van der Waals surface area contributed by atoms with E-state index in [9.17, 15) is 4.79 Å². The van der Waals surface area contributed by atoms with E-state index in [1.165, 1.54) is 12.0 Å². The Morgan fingerprint density at radius 1 is 1.23 bits per heavy atom. The molecule has 1 aromatic heterocycles. The summed E-state index contributed by atoms with van der Waals surface area (Å²) in [5.74, 6) is 0.463. The molecule has 0 N–H and O–H groups in total. The summed E-state index contributed by atoms with van der Waals surface area (Å²) in [5, 5.41) is 9.05. The lowest BCUT2D eigenvalue weighted by Gasteiger charge is -2.38. The molecule has 0 saturated heterocycles. The number of hydrogen-bond donors (Lipinski definition) is 0. The molecule has 2 aliphatic rings. The van der Waals surface area contributed by atoms with Gasteiger partial charge in [-0.25, -0.2) is 9.80 Å². The largest absolute Gasteiger partial charge is 0.465 e. The van der Waals surface area contributed by atoms with Crippen LogP contribution in [0.1, 0.15) is 45.1 Å². The highest BCUT2D eigenvalue weighted by atomic mass is 79.9. The zero-order valence-electron chi connectivity index (χ0n) is 15.8. The lowest BCUT2D eigenvalue weighted by atomic mass is 9.97. The molecule has 2 atom stereocenters. The van der Waals surface area contributed by atoms with E-state index in [-0.39, 0.29) is 12.0 Å². The fourth-order valence-corrected chi connectivity index (χ4v) is 5.90. The Morgan fingerprint density at radius 3 is 2.73 bits per heavy atom. The van der Waals surface area contributed by atoms with Crippen LogP contribution in [0.5, 0.6) is 5.75 Å². The highest BCUT2D eigenvalue weighted by Gasteiger charge is 2.42. The fourth-order valence-electron chi connectivity index (χ4n) is 3.83. The molecule has 3 heterocycles. The van der Waals surface area contributed by atoms with Crippen molar-refractivity contribution in [1.82, 2.24) is 5.01 Å². The van der Waals surface area contributed by atoms with Crippen molar-refractivity contribution in [2.45, 2.75) is 18.7 Å². The number of ether oxygens (including phenoxy) is 2. The van der Waals surface area contributed by atoms with Gasteiger partial charge >= 0.3 is 5.97 Å². The van der Waals surface area contributed by atoms with Crippen LogP contribution in [0, 0.1) is 0 Å². The van der Waals surface area contributed by atoms with Crippen molar-refractivity contribution >= 4 is 54.9 Å². The Labute approximate surface area is 194 Å². The SMILES string of the molecule is COC(=O)c1ccc([C@H]2Oc3c(Br)cc(Br)cc3[C@@H]3CC(c4cccs4)=NN23)cc1. The van der Waals surface area contributed by atoms with Gasteiger partial charge in [0, 0.05) is 22.0 Å². The zero-order chi connectivity index (χ0) is 20.8. The third-order valence-corrected chi connectivity index (χ3v) is 7.20. The van der Waals surface area contributed by atoms with E-state index in [0.29, 0.717) is 5.56 Å². The van der Waals surface area contributed by atoms with Gasteiger partial charge in [0.25, 0.3) is 0 Å². The maximum absolute atomic E-state index is 11.8. The number of thiophene rings is 1. The summed E-state index contributed by atoms with van der Waals surface area (Å²) in [6.45, 7) is 0. The molecule has 0 fully saturated rings. The average Bonchev–Trinajstić information content (AvgIpc) is 3.43. The highest BCUT2D eigenvalue weighted by molar-refractivity contribution is 9.11. The molecule has 3 aromatic rings. The van der Waals surface area contributed by atoms with Crippen LogP contribution in [0.4, 0.5) is 0 Å². The molecule has 0 radical (unpaired) electrons. The number of fused-ring (bicyclic) bond motifs is 3. The van der Waals surface area contributed by atoms with Gasteiger partial charge < -0.3 is 9.47 Å². The summed E-state index contributed by atoms with van der Waals surface area (Å²) in [7, 11) is 1.38. The Kier molecular flexibility index (Phi) is 5.16. The summed E-state index contributed by atoms with van der Waals surface area (Å²) >= 11 is 8.94. The first-order valence-corrected chi connectivity index (χ1v) is 11.8. The molecular weight excluding hydrogens is 532 g/mol. The van der Waals surface area contributed by atoms with Gasteiger partial charge in [-0.2, -0.15) is 5.10 Å². The first-order valence-electron chi connectivity index (χ1n) is 9.28. The minimum Gasteiger partial charge on any atom is -0.465 e. The average molecular weight is 548 g/mol. The molecule has 0 saturated carbocycles. The number of hydrogen-bond acceptors (Lipinski definition) is 6. The first-order chi connectivity index (χ1) is 14.5. The van der Waals surface area contributed by atoms with E-state index < -0.39 is 6.23 Å². The number of benzene rings is 2. The summed E-state index contributed by atoms with van der Waals surface area (Å²) in [4.78, 5) is 13.0. The van der Waals surface area contributed by atoms with Crippen molar-refractivity contribution in [3.05, 3.63) is 84.4 Å². The van der Waals surface area contributed by atoms with E-state index in [0.717, 1.165) is 38.0 Å². The first kappa shape index (κ1) is 19.8. The predicted molar refractivity (Wildman–Crippen MR) is 123 cm³/mol. The van der Waals surface area contributed by atoms with Crippen LogP contribution in [-0.2, 0) is 4.74 Å². The molecule has 5 nitrogen and oxygen atoms in total. The van der Waals surface area contributed by atoms with E-state index >= 15 is 0 Å². The van der Waals surface area contributed by atoms with Crippen LogP contribution < -0.4 is 4.74 Å². The molecule has 0 amide bonds. The number of methoxy groups -OCH3 is 1. The molecule has 2 aliphatic heterocycles. The number of rotatable bonds is 3. The Balaban J connectivity index is 1.59. The minimum absolute atomic E-state index is 0.0601. The van der Waals surface area contributed by atoms with Crippen LogP contribution in [-0.4, -0.2) is 23.8 Å². The molecule has 0 aliphatic carbocycles. The standard InChI is InChI=1S/C22H16Br2N2O3S/c1-28-22(27)13-6-4-12(5-7-13)21-26-18(11-17(25-26)19-3-2-8-30-19)15-9-14(23)10-16(24)20(15)29-21/h2-10,18,21H,11H2,1H3/t18-,21+/m0/s1. The molecule has 2 aromatic carbocycles. The van der Waals surface area contributed by atoms with Gasteiger partial charge in [0.2, 0.25) is 6.23 Å². The van der Waals surface area contributed by atoms with Crippen molar-refractivity contribution in [1.29, 1.82) is 0 Å². The number of nitrogens with zero attached hydrogens (tertiary/aromatic N) is 2. The quantitative estimate of drug-likeness (QED) is 0.361. The normalized spacial score (nSPS) is 19.6. The second-order valence-corrected chi connectivity index (χ2v) is 9.73. The molecule has 152 valence electrons. The molecule has 30 heavy (non-hydrogen) atoms. The molecule has 8 heteroatoms. The maximum Gasteiger partial charge on any atom is 0.337 e. The van der Waals surface area contributed by atoms with Crippen LogP contribution in [0.25, 0.3) is 0 Å². The van der Waals surface area contributed by atoms with Crippen molar-refractivity contribution in [3.8, 4) is 5.75 Å². The lowest BCUT2D eigenvalue weighted by molar-refractivity contribution is -0.0197. The summed E-state index contributed by atoms with van der Waals surface area (Å²) in [5.41, 5.74) is 3.57. The predicted octanol–water partition coefficient (Wildman–Crippen LogP) is 6.30. The monoisotopic (exact) mass is 546 g/mol. The molecular formula is C22H16Br2N2O3S. The molecule has 0 bridgehead atoms. The van der Waals surface area contributed by atoms with E-state index in [4.69, 9.17) is 14.6 Å². The van der Waals surface area contributed by atoms with Gasteiger partial charge in [-0.05, 0) is 51.6 Å². The van der Waals surface area contributed by atoms with Crippen LogP contribution in [0.15, 0.2) is 68.0 Å². The smallest absolute Gasteiger partial charge is 0.337 e. The van der Waals surface area contributed by atoms with Crippen molar-refractivity contribution in [2.24, 2.45) is 5.10 Å². The zero-order valence-corrected chi connectivity index (χ0v) is 19.8. The number of esters is 1. The number of carbonyl (C=O) groups excluding carboxylic acids is 1. The maximum atomic E-state index is 11.8. The second kappa shape index (κ2) is 7.83. The van der Waals surface area contributed by atoms with Gasteiger partial charge in [0.15, 0.2) is 0 Å². The lowest BCUT2D eigenvalue weighted by Crippen LogP contribution is -2.34. The van der Waals surface area contributed by atoms with Crippen molar-refractivity contribution in [3.63, 3.8) is 0 Å². The third-order valence-electron chi connectivity index (χ3n) is 5.23. The summed E-state index contributed by atoms with van der Waals surface area (Å²) in [6.07, 6.45) is 0.403. The Morgan fingerprint density at radius 2 is 2.03 bits per heavy atom. The van der Waals surface area contributed by atoms with Crippen LogP contribution in [0.2, 0.25) is 0 Å². The number of halogens is 2. The Hall–Kier alpha value is -2.16. The van der Waals surface area contributed by atoms with Crippen molar-refractivity contribution < 1.29 is 14.3 Å².